The fourth-order valence-electron chi connectivity index (χ4n) is 2.00. The molecule has 19 heavy (non-hydrogen) atoms. The van der Waals surface area contributed by atoms with Gasteiger partial charge in [-0.15, -0.1) is 0 Å². The summed E-state index contributed by atoms with van der Waals surface area (Å²) in [5.41, 5.74) is 8.23. The molecule has 2 aromatic rings. The molecule has 2 rings (SSSR count). The van der Waals surface area contributed by atoms with Crippen LogP contribution in [0.2, 0.25) is 0 Å². The quantitative estimate of drug-likeness (QED) is 0.908. The van der Waals surface area contributed by atoms with E-state index < -0.39 is 0 Å². The van der Waals surface area contributed by atoms with E-state index in [4.69, 9.17) is 10.5 Å². The van der Waals surface area contributed by atoms with Gasteiger partial charge in [0.2, 0.25) is 5.75 Å². The molecular formula is C14H18N4O. The molecule has 1 aromatic carbocycles. The molecule has 0 unspecified atom stereocenters. The van der Waals surface area contributed by atoms with E-state index in [0.717, 1.165) is 6.54 Å². The second kappa shape index (κ2) is 5.56. The Morgan fingerprint density at radius 2 is 2.11 bits per heavy atom. The van der Waals surface area contributed by atoms with Crippen LogP contribution >= 0.6 is 0 Å². The van der Waals surface area contributed by atoms with Crippen molar-refractivity contribution in [3.05, 3.63) is 41.7 Å². The van der Waals surface area contributed by atoms with Crippen LogP contribution in [0.15, 0.2) is 30.6 Å². The molecule has 0 amide bonds. The van der Waals surface area contributed by atoms with Crippen molar-refractivity contribution in [2.75, 3.05) is 24.8 Å². The van der Waals surface area contributed by atoms with Crippen molar-refractivity contribution in [2.24, 2.45) is 0 Å². The van der Waals surface area contributed by atoms with Gasteiger partial charge in [-0.25, -0.2) is 9.97 Å². The highest BCUT2D eigenvalue weighted by atomic mass is 16.5. The van der Waals surface area contributed by atoms with E-state index in [0.29, 0.717) is 17.4 Å². The van der Waals surface area contributed by atoms with Crippen LogP contribution in [0.5, 0.6) is 5.75 Å². The van der Waals surface area contributed by atoms with Crippen molar-refractivity contribution in [2.45, 2.75) is 13.5 Å². The zero-order valence-electron chi connectivity index (χ0n) is 11.4. The predicted octanol–water partition coefficient (Wildman–Crippen LogP) is 2.01. The van der Waals surface area contributed by atoms with Crippen molar-refractivity contribution in [3.63, 3.8) is 0 Å². The Bertz CT molecular complexity index is 571. The third-order valence-electron chi connectivity index (χ3n) is 2.88. The summed E-state index contributed by atoms with van der Waals surface area (Å²) in [6.45, 7) is 2.81. The number of methoxy groups -OCH3 is 1. The fraction of sp³-hybridized carbons (Fsp3) is 0.286. The summed E-state index contributed by atoms with van der Waals surface area (Å²) in [5.74, 6) is 1.55. The number of ether oxygens (including phenoxy) is 1. The van der Waals surface area contributed by atoms with Gasteiger partial charge in [0.05, 0.1) is 7.11 Å². The minimum atomic E-state index is 0.351. The largest absolute Gasteiger partial charge is 0.490 e. The molecule has 0 bridgehead atoms. The smallest absolute Gasteiger partial charge is 0.204 e. The molecular weight excluding hydrogens is 240 g/mol. The average Bonchev–Trinajstić information content (AvgIpc) is 2.38. The lowest BCUT2D eigenvalue weighted by atomic mass is 10.1. The monoisotopic (exact) mass is 258 g/mol. The van der Waals surface area contributed by atoms with Crippen molar-refractivity contribution in [1.82, 2.24) is 9.97 Å². The number of nitrogens with zero attached hydrogens (tertiary/aromatic N) is 3. The Hall–Kier alpha value is -2.30. The number of aryl methyl sites for hydroxylation is 1. The number of aromatic nitrogens is 2. The molecule has 0 aliphatic carbocycles. The summed E-state index contributed by atoms with van der Waals surface area (Å²) < 4.78 is 5.27. The van der Waals surface area contributed by atoms with Crippen LogP contribution in [0.1, 0.15) is 11.1 Å². The zero-order chi connectivity index (χ0) is 13.8. The van der Waals surface area contributed by atoms with Gasteiger partial charge in [0.1, 0.15) is 6.33 Å². The first kappa shape index (κ1) is 13.1. The maximum absolute atomic E-state index is 5.78. The highest BCUT2D eigenvalue weighted by Crippen LogP contribution is 2.29. The topological polar surface area (TPSA) is 64.3 Å². The molecule has 0 aliphatic heterocycles. The minimum Gasteiger partial charge on any atom is -0.490 e. The predicted molar refractivity (Wildman–Crippen MR) is 76.3 cm³/mol. The van der Waals surface area contributed by atoms with Gasteiger partial charge >= 0.3 is 0 Å². The lowest BCUT2D eigenvalue weighted by molar-refractivity contribution is 0.413. The third-order valence-corrected chi connectivity index (χ3v) is 2.88. The van der Waals surface area contributed by atoms with E-state index in [1.807, 2.05) is 18.0 Å². The summed E-state index contributed by atoms with van der Waals surface area (Å²) >= 11 is 0. The van der Waals surface area contributed by atoms with Gasteiger partial charge in [0.25, 0.3) is 0 Å². The maximum Gasteiger partial charge on any atom is 0.204 e. The summed E-state index contributed by atoms with van der Waals surface area (Å²) in [7, 11) is 3.52. The number of hydrogen-bond donors (Lipinski definition) is 1. The molecule has 100 valence electrons. The average molecular weight is 258 g/mol. The second-order valence-electron chi connectivity index (χ2n) is 4.46. The lowest BCUT2D eigenvalue weighted by Crippen LogP contribution is -2.19. The van der Waals surface area contributed by atoms with E-state index in [1.165, 1.54) is 17.5 Å². The third kappa shape index (κ3) is 2.93. The molecule has 0 saturated carbocycles. The van der Waals surface area contributed by atoms with E-state index in [1.54, 1.807) is 7.11 Å². The number of rotatable bonds is 4. The molecule has 0 aliphatic rings. The van der Waals surface area contributed by atoms with Crippen LogP contribution in [-0.2, 0) is 6.54 Å². The number of nitrogen functional groups attached to an aromatic ring is 1. The molecule has 0 fully saturated rings. The summed E-state index contributed by atoms with van der Waals surface area (Å²) in [4.78, 5) is 10.2. The summed E-state index contributed by atoms with van der Waals surface area (Å²) in [6, 6.07) is 8.35. The maximum atomic E-state index is 5.78. The van der Waals surface area contributed by atoms with Gasteiger partial charge in [-0.05, 0) is 12.5 Å². The highest BCUT2D eigenvalue weighted by molar-refractivity contribution is 5.62. The van der Waals surface area contributed by atoms with E-state index in [9.17, 15) is 0 Å². The number of benzene rings is 1. The molecule has 0 saturated heterocycles. The molecule has 2 N–H and O–H groups in total. The number of nitrogens with two attached hydrogens (primary N) is 1. The Morgan fingerprint density at radius 3 is 2.79 bits per heavy atom. The Kier molecular flexibility index (Phi) is 3.85. The molecule has 0 radical (unpaired) electrons. The van der Waals surface area contributed by atoms with Crippen molar-refractivity contribution in [1.29, 1.82) is 0 Å². The zero-order valence-corrected chi connectivity index (χ0v) is 11.4. The van der Waals surface area contributed by atoms with Gasteiger partial charge in [-0.1, -0.05) is 29.8 Å². The van der Waals surface area contributed by atoms with Crippen LogP contribution in [-0.4, -0.2) is 24.1 Å². The van der Waals surface area contributed by atoms with Crippen molar-refractivity contribution < 1.29 is 4.74 Å². The fourth-order valence-corrected chi connectivity index (χ4v) is 2.00. The first-order valence-electron chi connectivity index (χ1n) is 6.03. The van der Waals surface area contributed by atoms with Crippen LogP contribution in [0.25, 0.3) is 0 Å². The van der Waals surface area contributed by atoms with E-state index >= 15 is 0 Å². The van der Waals surface area contributed by atoms with E-state index in [-0.39, 0.29) is 0 Å². The van der Waals surface area contributed by atoms with E-state index in [2.05, 4.69) is 35.1 Å². The first-order chi connectivity index (χ1) is 9.11. The van der Waals surface area contributed by atoms with Crippen LogP contribution in [0.4, 0.5) is 11.6 Å². The van der Waals surface area contributed by atoms with Crippen molar-refractivity contribution in [3.8, 4) is 5.75 Å². The Morgan fingerprint density at radius 1 is 1.32 bits per heavy atom. The highest BCUT2D eigenvalue weighted by Gasteiger charge is 2.13. The minimum absolute atomic E-state index is 0.351. The second-order valence-corrected chi connectivity index (χ2v) is 4.46. The summed E-state index contributed by atoms with van der Waals surface area (Å²) in [5, 5.41) is 0. The Labute approximate surface area is 113 Å². The standard InChI is InChI=1S/C14H18N4O/c1-10-5-4-6-11(7-10)8-18(2)14-12(19-3)13(15)16-9-17-14/h4-7,9H,8H2,1-3H3,(H2,15,16,17). The van der Waals surface area contributed by atoms with Gasteiger partial charge in [0, 0.05) is 13.6 Å². The first-order valence-corrected chi connectivity index (χ1v) is 6.03. The van der Waals surface area contributed by atoms with Crippen molar-refractivity contribution >= 4 is 11.6 Å². The number of hydrogen-bond acceptors (Lipinski definition) is 5. The van der Waals surface area contributed by atoms with Crippen LogP contribution < -0.4 is 15.4 Å². The SMILES string of the molecule is COc1c(N)ncnc1N(C)Cc1cccc(C)c1. The molecule has 5 heteroatoms. The Balaban J connectivity index is 2.25. The van der Waals surface area contributed by atoms with Gasteiger partial charge in [0.15, 0.2) is 11.6 Å². The molecule has 5 nitrogen and oxygen atoms in total. The van der Waals surface area contributed by atoms with Gasteiger partial charge in [-0.3, -0.25) is 0 Å². The summed E-state index contributed by atoms with van der Waals surface area (Å²) in [6.07, 6.45) is 1.44. The number of anilines is 2. The normalized spacial score (nSPS) is 10.3. The van der Waals surface area contributed by atoms with Crippen LogP contribution in [0, 0.1) is 6.92 Å². The van der Waals surface area contributed by atoms with Gasteiger partial charge in [-0.2, -0.15) is 0 Å². The molecule has 1 heterocycles. The molecule has 1 aromatic heterocycles. The van der Waals surface area contributed by atoms with Crippen LogP contribution in [0.3, 0.4) is 0 Å². The van der Waals surface area contributed by atoms with Gasteiger partial charge < -0.3 is 15.4 Å². The molecule has 0 atom stereocenters. The lowest BCUT2D eigenvalue weighted by Gasteiger charge is -2.21. The molecule has 0 spiro atoms.